The molecule has 1 amide bonds. The normalized spacial score (nSPS) is 16.9. The summed E-state index contributed by atoms with van der Waals surface area (Å²) in [4.78, 5) is 20.3. The lowest BCUT2D eigenvalue weighted by atomic mass is 9.87. The lowest BCUT2D eigenvalue weighted by Crippen LogP contribution is -2.48. The molecule has 1 aromatic heterocycles. The average Bonchev–Trinajstić information content (AvgIpc) is 3.51. The first-order valence-electron chi connectivity index (χ1n) is 14.6. The fourth-order valence-corrected chi connectivity index (χ4v) is 5.50. The van der Waals surface area contributed by atoms with E-state index in [9.17, 15) is 4.79 Å². The van der Waals surface area contributed by atoms with Gasteiger partial charge in [0.1, 0.15) is 17.1 Å². The summed E-state index contributed by atoms with van der Waals surface area (Å²) in [6, 6.07) is 23.9. The Morgan fingerprint density at radius 3 is 2.48 bits per heavy atom. The molecule has 10 heteroatoms. The Bertz CT molecular complexity index is 1520. The molecule has 0 N–H and O–H groups in total. The number of hydrogen-bond acceptors (Lipinski definition) is 9. The molecule has 0 spiro atoms. The Morgan fingerprint density at radius 1 is 1.02 bits per heavy atom. The summed E-state index contributed by atoms with van der Waals surface area (Å²) >= 11 is 1.71. The van der Waals surface area contributed by atoms with Crippen molar-refractivity contribution in [3.8, 4) is 22.9 Å². The van der Waals surface area contributed by atoms with E-state index in [2.05, 4.69) is 52.8 Å². The third-order valence-corrected chi connectivity index (χ3v) is 8.06. The van der Waals surface area contributed by atoms with Crippen molar-refractivity contribution in [2.24, 2.45) is 0 Å². The number of methoxy groups -OCH3 is 1. The van der Waals surface area contributed by atoms with Crippen LogP contribution in [0, 0.1) is 0 Å². The van der Waals surface area contributed by atoms with E-state index < -0.39 is 5.60 Å². The minimum atomic E-state index is -0.559. The van der Waals surface area contributed by atoms with E-state index in [4.69, 9.17) is 23.5 Å². The third kappa shape index (κ3) is 8.12. The van der Waals surface area contributed by atoms with E-state index >= 15 is 0 Å². The van der Waals surface area contributed by atoms with Gasteiger partial charge in [-0.25, -0.2) is 4.79 Å². The zero-order valence-electron chi connectivity index (χ0n) is 25.8. The molecular formula is C34H39N3O6S. The van der Waals surface area contributed by atoms with E-state index in [0.29, 0.717) is 42.9 Å². The molecule has 1 saturated heterocycles. The lowest BCUT2D eigenvalue weighted by molar-refractivity contribution is -0.0359. The van der Waals surface area contributed by atoms with Gasteiger partial charge in [-0.3, -0.25) is 0 Å². The minimum Gasteiger partial charge on any atom is -0.496 e. The van der Waals surface area contributed by atoms with Crippen LogP contribution in [-0.2, 0) is 22.7 Å². The highest BCUT2D eigenvalue weighted by Gasteiger charge is 2.35. The molecule has 1 aliphatic heterocycles. The molecule has 5 rings (SSSR count). The molecule has 44 heavy (non-hydrogen) atoms. The Balaban J connectivity index is 1.24. The van der Waals surface area contributed by atoms with Crippen molar-refractivity contribution in [2.75, 3.05) is 26.5 Å². The summed E-state index contributed by atoms with van der Waals surface area (Å²) in [7, 11) is 1.61. The molecule has 2 heterocycles. The van der Waals surface area contributed by atoms with Gasteiger partial charge < -0.3 is 28.4 Å². The SMILES string of the molecule is COc1ccccc1-c1noc(COc2ccc(C3CCN(C(=O)OC(C)(C)C)CC3OCc3ccc(SC)cc3)cc2)n1. The van der Waals surface area contributed by atoms with E-state index in [1.165, 1.54) is 4.90 Å². The summed E-state index contributed by atoms with van der Waals surface area (Å²) in [6.07, 6.45) is 2.30. The van der Waals surface area contributed by atoms with Crippen molar-refractivity contribution in [3.05, 3.63) is 89.8 Å². The molecular weight excluding hydrogens is 578 g/mol. The van der Waals surface area contributed by atoms with Gasteiger partial charge in [0.05, 0.1) is 31.9 Å². The standard InChI is InChI=1S/C34H39N3O6S/c1-34(2,3)42-33(38)37-19-18-27(30(20-37)41-21-23-10-16-26(44-5)17-11-23)24-12-14-25(15-13-24)40-22-31-35-32(36-43-31)28-8-6-7-9-29(28)39-4/h6-17,27,30H,18-22H2,1-5H3. The highest BCUT2D eigenvalue weighted by atomic mass is 32.2. The number of carbonyl (C=O) groups excluding carboxylic acids is 1. The summed E-state index contributed by atoms with van der Waals surface area (Å²) < 4.78 is 28.9. The highest BCUT2D eigenvalue weighted by molar-refractivity contribution is 7.98. The topological polar surface area (TPSA) is 96.2 Å². The largest absolute Gasteiger partial charge is 0.496 e. The molecule has 2 unspecified atom stereocenters. The second-order valence-electron chi connectivity index (χ2n) is 11.6. The van der Waals surface area contributed by atoms with Crippen molar-refractivity contribution in [1.29, 1.82) is 0 Å². The molecule has 0 saturated carbocycles. The van der Waals surface area contributed by atoms with E-state index in [1.807, 2.05) is 57.2 Å². The van der Waals surface area contributed by atoms with E-state index in [0.717, 1.165) is 23.1 Å². The number of nitrogens with zero attached hydrogens (tertiary/aromatic N) is 3. The highest BCUT2D eigenvalue weighted by Crippen LogP contribution is 2.33. The van der Waals surface area contributed by atoms with Crippen LogP contribution >= 0.6 is 11.8 Å². The van der Waals surface area contributed by atoms with Gasteiger partial charge in [0, 0.05) is 17.4 Å². The minimum absolute atomic E-state index is 0.104. The number of amides is 1. The van der Waals surface area contributed by atoms with Gasteiger partial charge in [0.25, 0.3) is 5.89 Å². The van der Waals surface area contributed by atoms with Gasteiger partial charge in [-0.1, -0.05) is 41.6 Å². The lowest BCUT2D eigenvalue weighted by Gasteiger charge is -2.39. The van der Waals surface area contributed by atoms with E-state index in [1.54, 1.807) is 23.8 Å². The van der Waals surface area contributed by atoms with Crippen LogP contribution in [-0.4, -0.2) is 59.3 Å². The predicted octanol–water partition coefficient (Wildman–Crippen LogP) is 7.36. The van der Waals surface area contributed by atoms with Crippen molar-refractivity contribution in [2.45, 2.75) is 62.9 Å². The van der Waals surface area contributed by atoms with Crippen molar-refractivity contribution < 1.29 is 28.3 Å². The number of ether oxygens (including phenoxy) is 4. The maximum absolute atomic E-state index is 12.9. The number of piperidine rings is 1. The molecule has 4 aromatic rings. The Morgan fingerprint density at radius 2 is 1.77 bits per heavy atom. The van der Waals surface area contributed by atoms with Crippen LogP contribution in [0.5, 0.6) is 11.5 Å². The number of para-hydroxylation sites is 1. The first-order chi connectivity index (χ1) is 21.2. The molecule has 2 atom stereocenters. The van der Waals surface area contributed by atoms with Gasteiger partial charge in [-0.05, 0) is 81.0 Å². The van der Waals surface area contributed by atoms with Crippen LogP contribution in [0.4, 0.5) is 4.79 Å². The van der Waals surface area contributed by atoms with Crippen molar-refractivity contribution >= 4 is 17.9 Å². The van der Waals surface area contributed by atoms with Crippen LogP contribution in [0.25, 0.3) is 11.4 Å². The summed E-state index contributed by atoms with van der Waals surface area (Å²) in [5.41, 5.74) is 2.41. The van der Waals surface area contributed by atoms with Crippen LogP contribution in [0.15, 0.2) is 82.2 Å². The maximum atomic E-state index is 12.9. The monoisotopic (exact) mass is 617 g/mol. The number of hydrogen-bond donors (Lipinski definition) is 0. The number of benzene rings is 3. The quantitative estimate of drug-likeness (QED) is 0.169. The van der Waals surface area contributed by atoms with Crippen LogP contribution in [0.2, 0.25) is 0 Å². The first-order valence-corrected chi connectivity index (χ1v) is 15.9. The summed E-state index contributed by atoms with van der Waals surface area (Å²) in [5, 5.41) is 4.08. The molecule has 0 radical (unpaired) electrons. The number of rotatable bonds is 10. The smallest absolute Gasteiger partial charge is 0.410 e. The van der Waals surface area contributed by atoms with Gasteiger partial charge in [-0.2, -0.15) is 4.98 Å². The summed E-state index contributed by atoms with van der Waals surface area (Å²) in [6.45, 7) is 7.28. The van der Waals surface area contributed by atoms with E-state index in [-0.39, 0.29) is 24.7 Å². The van der Waals surface area contributed by atoms with Gasteiger partial charge >= 0.3 is 6.09 Å². The predicted molar refractivity (Wildman–Crippen MR) is 169 cm³/mol. The Labute approximate surface area is 262 Å². The number of thioether (sulfide) groups is 1. The fraction of sp³-hybridized carbons (Fsp3) is 0.382. The van der Waals surface area contributed by atoms with Gasteiger partial charge in [0.2, 0.25) is 5.82 Å². The fourth-order valence-electron chi connectivity index (χ4n) is 5.09. The maximum Gasteiger partial charge on any atom is 0.410 e. The van der Waals surface area contributed by atoms with Crippen molar-refractivity contribution in [1.82, 2.24) is 15.0 Å². The number of likely N-dealkylation sites (tertiary alicyclic amines) is 1. The van der Waals surface area contributed by atoms with Gasteiger partial charge in [-0.15, -0.1) is 11.8 Å². The molecule has 1 aliphatic rings. The molecule has 1 fully saturated rings. The average molecular weight is 618 g/mol. The molecule has 0 aliphatic carbocycles. The van der Waals surface area contributed by atoms with Gasteiger partial charge in [0.15, 0.2) is 6.61 Å². The second kappa shape index (κ2) is 14.2. The Hall–Kier alpha value is -4.02. The molecule has 9 nitrogen and oxygen atoms in total. The first kappa shape index (κ1) is 31.4. The molecule has 3 aromatic carbocycles. The molecule has 232 valence electrons. The zero-order valence-corrected chi connectivity index (χ0v) is 26.6. The second-order valence-corrected chi connectivity index (χ2v) is 12.5. The van der Waals surface area contributed by atoms with Crippen LogP contribution < -0.4 is 9.47 Å². The zero-order chi connectivity index (χ0) is 31.1. The Kier molecular flexibility index (Phi) is 10.1. The number of carbonyl (C=O) groups is 1. The van der Waals surface area contributed by atoms with Crippen molar-refractivity contribution in [3.63, 3.8) is 0 Å². The summed E-state index contributed by atoms with van der Waals surface area (Å²) in [5.74, 6) is 2.27. The van der Waals surface area contributed by atoms with Crippen LogP contribution in [0.1, 0.15) is 50.1 Å². The number of aromatic nitrogens is 2. The third-order valence-electron chi connectivity index (χ3n) is 7.32. The molecule has 0 bridgehead atoms. The van der Waals surface area contributed by atoms with Crippen LogP contribution in [0.3, 0.4) is 0 Å².